The van der Waals surface area contributed by atoms with Gasteiger partial charge >= 0.3 is 0 Å². The minimum atomic E-state index is -0.850. The van der Waals surface area contributed by atoms with Crippen molar-refractivity contribution in [3.05, 3.63) is 77.0 Å². The summed E-state index contributed by atoms with van der Waals surface area (Å²) in [6.45, 7) is 0. The van der Waals surface area contributed by atoms with Gasteiger partial charge in [-0.3, -0.25) is 14.4 Å². The molecule has 6 nitrogen and oxygen atoms in total. The van der Waals surface area contributed by atoms with E-state index in [0.717, 1.165) is 10.6 Å². The van der Waals surface area contributed by atoms with Crippen molar-refractivity contribution in [3.63, 3.8) is 0 Å². The summed E-state index contributed by atoms with van der Waals surface area (Å²) in [5.41, 5.74) is 1.34. The van der Waals surface area contributed by atoms with Gasteiger partial charge in [0.1, 0.15) is 17.7 Å². The number of carbonyl (C=O) groups is 2. The number of para-hydroxylation sites is 1. The zero-order valence-electron chi connectivity index (χ0n) is 15.6. The second-order valence-electron chi connectivity index (χ2n) is 6.88. The molecule has 0 aliphatic carbocycles. The van der Waals surface area contributed by atoms with Crippen LogP contribution in [-0.4, -0.2) is 25.0 Å². The highest BCUT2D eigenvalue weighted by Crippen LogP contribution is 2.48. The van der Waals surface area contributed by atoms with Gasteiger partial charge in [0.2, 0.25) is 5.91 Å². The Morgan fingerprint density at radius 3 is 2.31 bits per heavy atom. The predicted octanol–water partition coefficient (Wildman–Crippen LogP) is 3.81. The Hall–Kier alpha value is -3.16. The lowest BCUT2D eigenvalue weighted by molar-refractivity contribution is -0.126. The fourth-order valence-corrected chi connectivity index (χ4v) is 4.80. The summed E-state index contributed by atoms with van der Waals surface area (Å²) in [5, 5.41) is 3.68. The molecule has 2 fully saturated rings. The summed E-state index contributed by atoms with van der Waals surface area (Å²) in [7, 11) is 1.57. The number of ether oxygens (including phenoxy) is 1. The van der Waals surface area contributed by atoms with Gasteiger partial charge in [-0.2, -0.15) is 0 Å². The Labute approximate surface area is 171 Å². The van der Waals surface area contributed by atoms with E-state index in [4.69, 9.17) is 9.57 Å². The van der Waals surface area contributed by atoms with Gasteiger partial charge in [-0.1, -0.05) is 24.3 Å². The number of benzene rings is 2. The number of rotatable bonds is 4. The maximum absolute atomic E-state index is 13.4. The third kappa shape index (κ3) is 2.82. The van der Waals surface area contributed by atoms with Crippen molar-refractivity contribution >= 4 is 34.5 Å². The Bertz CT molecular complexity index is 1040. The second kappa shape index (κ2) is 7.02. The van der Waals surface area contributed by atoms with E-state index in [0.29, 0.717) is 11.4 Å². The summed E-state index contributed by atoms with van der Waals surface area (Å²) in [6, 6.07) is 20.0. The average Bonchev–Trinajstić information content (AvgIpc) is 3.47. The lowest BCUT2D eigenvalue weighted by Gasteiger charge is -2.27. The quantitative estimate of drug-likeness (QED) is 0.617. The van der Waals surface area contributed by atoms with Crippen molar-refractivity contribution in [2.75, 3.05) is 17.1 Å². The lowest BCUT2D eigenvalue weighted by atomic mass is 9.95. The van der Waals surface area contributed by atoms with Crippen molar-refractivity contribution in [2.24, 2.45) is 5.92 Å². The first-order valence-corrected chi connectivity index (χ1v) is 10.1. The molecule has 0 bridgehead atoms. The van der Waals surface area contributed by atoms with E-state index in [-0.39, 0.29) is 17.9 Å². The fraction of sp³-hybridized carbons (Fsp3) is 0.182. The van der Waals surface area contributed by atoms with Gasteiger partial charge in [-0.25, -0.2) is 9.96 Å². The number of hydrogen-bond acceptors (Lipinski definition) is 6. The largest absolute Gasteiger partial charge is 0.497 e. The molecule has 5 rings (SSSR count). The molecule has 3 atom stereocenters. The van der Waals surface area contributed by atoms with E-state index in [9.17, 15) is 9.59 Å². The Balaban J connectivity index is 1.54. The van der Waals surface area contributed by atoms with Gasteiger partial charge in [0.15, 0.2) is 6.10 Å². The molecular formula is C22H18N2O4S. The Kier molecular flexibility index (Phi) is 4.34. The molecule has 146 valence electrons. The van der Waals surface area contributed by atoms with Gasteiger partial charge in [0.25, 0.3) is 5.91 Å². The first-order valence-electron chi connectivity index (χ1n) is 9.25. The molecule has 7 heteroatoms. The number of amides is 2. The third-order valence-electron chi connectivity index (χ3n) is 5.29. The molecule has 0 N–H and O–H groups in total. The molecule has 2 amide bonds. The molecule has 2 aromatic carbocycles. The molecule has 3 aromatic rings. The number of imide groups is 1. The summed E-state index contributed by atoms with van der Waals surface area (Å²) in [6.07, 6.45) is -0.850. The molecule has 2 aliphatic rings. The number of methoxy groups -OCH3 is 1. The van der Waals surface area contributed by atoms with E-state index in [2.05, 4.69) is 0 Å². The number of carbonyl (C=O) groups excluding carboxylic acids is 2. The molecule has 2 aliphatic heterocycles. The van der Waals surface area contributed by atoms with Crippen LogP contribution in [0.4, 0.5) is 11.4 Å². The van der Waals surface area contributed by atoms with Crippen molar-refractivity contribution in [1.29, 1.82) is 0 Å². The maximum Gasteiger partial charge on any atom is 0.266 e. The Morgan fingerprint density at radius 2 is 1.66 bits per heavy atom. The summed E-state index contributed by atoms with van der Waals surface area (Å²) in [5.74, 6) is -0.536. The number of hydrogen-bond donors (Lipinski definition) is 0. The summed E-state index contributed by atoms with van der Waals surface area (Å²) in [4.78, 5) is 34.9. The van der Waals surface area contributed by atoms with Crippen LogP contribution in [0.2, 0.25) is 0 Å². The molecule has 0 saturated carbocycles. The normalized spacial score (nSPS) is 23.6. The summed E-state index contributed by atoms with van der Waals surface area (Å²) < 4.78 is 5.17. The zero-order chi connectivity index (χ0) is 20.0. The highest BCUT2D eigenvalue weighted by atomic mass is 32.1. The van der Waals surface area contributed by atoms with Crippen LogP contribution in [0.1, 0.15) is 10.9 Å². The topological polar surface area (TPSA) is 59.1 Å². The van der Waals surface area contributed by atoms with Gasteiger partial charge in [-0.15, -0.1) is 11.3 Å². The van der Waals surface area contributed by atoms with Crippen molar-refractivity contribution in [3.8, 4) is 5.75 Å². The van der Waals surface area contributed by atoms with Crippen LogP contribution in [0.25, 0.3) is 0 Å². The van der Waals surface area contributed by atoms with Crippen LogP contribution in [0.15, 0.2) is 72.1 Å². The van der Waals surface area contributed by atoms with Gasteiger partial charge in [0, 0.05) is 4.88 Å². The van der Waals surface area contributed by atoms with Crippen molar-refractivity contribution < 1.29 is 19.2 Å². The molecule has 29 heavy (non-hydrogen) atoms. The van der Waals surface area contributed by atoms with Gasteiger partial charge in [0.05, 0.1) is 18.5 Å². The summed E-state index contributed by atoms with van der Waals surface area (Å²) >= 11 is 1.55. The SMILES string of the molecule is COc1ccc(N2C(=O)[C@@H]3[C@H](ON(c4ccccc4)[C@@H]3c3cccs3)C2=O)cc1. The molecule has 3 heterocycles. The average molecular weight is 406 g/mol. The second-order valence-corrected chi connectivity index (χ2v) is 7.86. The first kappa shape index (κ1) is 17.9. The van der Waals surface area contributed by atoms with E-state index in [1.807, 2.05) is 47.8 Å². The third-order valence-corrected chi connectivity index (χ3v) is 6.23. The van der Waals surface area contributed by atoms with E-state index in [1.165, 1.54) is 4.90 Å². The lowest BCUT2D eigenvalue weighted by Crippen LogP contribution is -2.37. The van der Waals surface area contributed by atoms with Crippen LogP contribution in [0.5, 0.6) is 5.75 Å². The number of anilines is 2. The smallest absolute Gasteiger partial charge is 0.266 e. The van der Waals surface area contributed by atoms with E-state index < -0.39 is 12.0 Å². The molecule has 1 aromatic heterocycles. The van der Waals surface area contributed by atoms with Crippen molar-refractivity contribution in [1.82, 2.24) is 0 Å². The van der Waals surface area contributed by atoms with Gasteiger partial charge in [-0.05, 0) is 47.8 Å². The maximum atomic E-state index is 13.4. The highest BCUT2D eigenvalue weighted by Gasteiger charge is 2.60. The van der Waals surface area contributed by atoms with Crippen LogP contribution < -0.4 is 14.7 Å². The van der Waals surface area contributed by atoms with Crippen LogP contribution in [0, 0.1) is 5.92 Å². The standard InChI is InChI=1S/C22H18N2O4S/c1-27-16-11-9-14(10-12-16)23-21(25)18-19(17-8-5-13-29-17)24(28-20(18)22(23)26)15-6-3-2-4-7-15/h2-13,18-20H,1H3/t18-,19+,20-/m0/s1. The first-order chi connectivity index (χ1) is 14.2. The number of thiophene rings is 1. The highest BCUT2D eigenvalue weighted by molar-refractivity contribution is 7.10. The number of nitrogens with zero attached hydrogens (tertiary/aromatic N) is 2. The minimum absolute atomic E-state index is 0.248. The van der Waals surface area contributed by atoms with Crippen LogP contribution >= 0.6 is 11.3 Å². The van der Waals surface area contributed by atoms with E-state index >= 15 is 0 Å². The zero-order valence-corrected chi connectivity index (χ0v) is 16.4. The monoisotopic (exact) mass is 406 g/mol. The molecule has 2 saturated heterocycles. The number of fused-ring (bicyclic) bond motifs is 1. The fourth-order valence-electron chi connectivity index (χ4n) is 3.95. The molecule has 0 radical (unpaired) electrons. The van der Waals surface area contributed by atoms with Crippen molar-refractivity contribution in [2.45, 2.75) is 12.1 Å². The van der Waals surface area contributed by atoms with Crippen LogP contribution in [-0.2, 0) is 14.4 Å². The van der Waals surface area contributed by atoms with E-state index in [1.54, 1.807) is 47.8 Å². The van der Waals surface area contributed by atoms with Crippen LogP contribution in [0.3, 0.4) is 0 Å². The van der Waals surface area contributed by atoms with Gasteiger partial charge < -0.3 is 4.74 Å². The molecule has 0 unspecified atom stereocenters. The molecular weight excluding hydrogens is 388 g/mol. The minimum Gasteiger partial charge on any atom is -0.497 e. The Morgan fingerprint density at radius 1 is 0.897 bits per heavy atom. The number of hydroxylamine groups is 1. The predicted molar refractivity (Wildman–Crippen MR) is 110 cm³/mol. The molecule has 0 spiro atoms.